The van der Waals surface area contributed by atoms with Crippen LogP contribution in [0.4, 0.5) is 4.79 Å². The van der Waals surface area contributed by atoms with Gasteiger partial charge in [0.05, 0.1) is 6.61 Å². The fraction of sp³-hybridized carbons (Fsp3) is 0.500. The second-order valence-electron chi connectivity index (χ2n) is 4.86. The Balaban J connectivity index is 2.54. The summed E-state index contributed by atoms with van der Waals surface area (Å²) in [6.07, 6.45) is 1.16. The first-order chi connectivity index (χ1) is 10.4. The minimum atomic E-state index is -1.15. The van der Waals surface area contributed by atoms with Crippen LogP contribution in [0.1, 0.15) is 6.92 Å². The van der Waals surface area contributed by atoms with Crippen LogP contribution in [0.25, 0.3) is 0 Å². The summed E-state index contributed by atoms with van der Waals surface area (Å²) in [6.45, 7) is 8.30. The molecule has 122 valence electrons. The van der Waals surface area contributed by atoms with E-state index in [0.717, 1.165) is 12.2 Å². The van der Waals surface area contributed by atoms with E-state index in [1.165, 1.54) is 6.92 Å². The Bertz CT molecular complexity index is 432. The van der Waals surface area contributed by atoms with Gasteiger partial charge in [-0.2, -0.15) is 0 Å². The maximum absolute atomic E-state index is 11.7. The van der Waals surface area contributed by atoms with Crippen molar-refractivity contribution in [2.24, 2.45) is 0 Å². The van der Waals surface area contributed by atoms with Gasteiger partial charge < -0.3 is 24.3 Å². The van der Waals surface area contributed by atoms with Gasteiger partial charge in [0.15, 0.2) is 0 Å². The molecule has 0 aromatic heterocycles. The van der Waals surface area contributed by atoms with E-state index in [0.29, 0.717) is 6.61 Å². The van der Waals surface area contributed by atoms with Crippen LogP contribution in [0.3, 0.4) is 0 Å². The highest BCUT2D eigenvalue weighted by Crippen LogP contribution is 2.11. The minimum absolute atomic E-state index is 0.0748. The minimum Gasteiger partial charge on any atom is -0.460 e. The van der Waals surface area contributed by atoms with Crippen LogP contribution in [0.2, 0.25) is 0 Å². The van der Waals surface area contributed by atoms with Crippen LogP contribution in [-0.4, -0.2) is 56.1 Å². The van der Waals surface area contributed by atoms with Crippen LogP contribution in [0, 0.1) is 0 Å². The highest BCUT2D eigenvalue weighted by atomic mass is 16.6. The number of rotatable bonds is 9. The number of nitrogens with one attached hydrogen (secondary N) is 1. The van der Waals surface area contributed by atoms with E-state index in [1.807, 2.05) is 0 Å². The van der Waals surface area contributed by atoms with Gasteiger partial charge in [0.25, 0.3) is 0 Å². The summed E-state index contributed by atoms with van der Waals surface area (Å²) < 4.78 is 19.6. The fourth-order valence-corrected chi connectivity index (χ4v) is 1.31. The molecule has 1 N–H and O–H groups in total. The zero-order valence-electron chi connectivity index (χ0n) is 12.3. The topological polar surface area (TPSA) is 103 Å². The Morgan fingerprint density at radius 3 is 2.09 bits per heavy atom. The Kier molecular flexibility index (Phi) is 6.58. The molecule has 1 amide bonds. The van der Waals surface area contributed by atoms with Gasteiger partial charge in [0, 0.05) is 12.2 Å². The van der Waals surface area contributed by atoms with E-state index in [9.17, 15) is 14.4 Å². The van der Waals surface area contributed by atoms with Crippen LogP contribution in [-0.2, 0) is 28.5 Å². The molecule has 0 spiro atoms. The number of carbonyl (C=O) groups is 3. The molecule has 0 aliphatic carbocycles. The van der Waals surface area contributed by atoms with Gasteiger partial charge in [-0.1, -0.05) is 13.2 Å². The summed E-state index contributed by atoms with van der Waals surface area (Å²) in [7, 11) is 0. The zero-order valence-corrected chi connectivity index (χ0v) is 12.3. The summed E-state index contributed by atoms with van der Waals surface area (Å²) in [5.41, 5.74) is -1.15. The van der Waals surface area contributed by atoms with Crippen molar-refractivity contribution in [1.29, 1.82) is 0 Å². The standard InChI is InChI=1S/C14H19NO7/c1-4-11(16)21-8-14(3,9-22-12(17)5-2)15-13(18)20-7-10-6-19-10/h4-5,10H,1-2,6-9H2,3H3,(H,15,18). The molecule has 1 atom stereocenters. The highest BCUT2D eigenvalue weighted by molar-refractivity contribution is 5.81. The average Bonchev–Trinajstić information content (AvgIpc) is 3.32. The second kappa shape index (κ2) is 8.18. The SMILES string of the molecule is C=CC(=O)OCC(C)(COC(=O)C=C)NC(=O)OCC1CO1. The van der Waals surface area contributed by atoms with E-state index < -0.39 is 23.6 Å². The van der Waals surface area contributed by atoms with Crippen molar-refractivity contribution in [2.75, 3.05) is 26.4 Å². The molecule has 8 nitrogen and oxygen atoms in total. The normalized spacial score (nSPS) is 16.1. The van der Waals surface area contributed by atoms with E-state index in [2.05, 4.69) is 18.5 Å². The molecule has 1 fully saturated rings. The predicted molar refractivity (Wildman–Crippen MR) is 74.9 cm³/mol. The second-order valence-corrected chi connectivity index (χ2v) is 4.86. The Morgan fingerprint density at radius 2 is 1.68 bits per heavy atom. The number of esters is 2. The first-order valence-electron chi connectivity index (χ1n) is 6.53. The number of carbonyl (C=O) groups excluding carboxylic acids is 3. The molecule has 0 aromatic rings. The van der Waals surface area contributed by atoms with Gasteiger partial charge in [-0.3, -0.25) is 0 Å². The van der Waals surface area contributed by atoms with Crippen LogP contribution < -0.4 is 5.32 Å². The van der Waals surface area contributed by atoms with Crippen LogP contribution in [0.5, 0.6) is 0 Å². The van der Waals surface area contributed by atoms with Gasteiger partial charge in [0.2, 0.25) is 0 Å². The molecule has 1 saturated heterocycles. The van der Waals surface area contributed by atoms with Crippen molar-refractivity contribution >= 4 is 18.0 Å². The number of hydrogen-bond donors (Lipinski definition) is 1. The van der Waals surface area contributed by atoms with Gasteiger partial charge in [0.1, 0.15) is 31.5 Å². The third-order valence-electron chi connectivity index (χ3n) is 2.61. The van der Waals surface area contributed by atoms with Gasteiger partial charge in [-0.15, -0.1) is 0 Å². The van der Waals surface area contributed by atoms with Crippen molar-refractivity contribution in [2.45, 2.75) is 18.6 Å². The lowest BCUT2D eigenvalue weighted by atomic mass is 10.1. The molecule has 0 radical (unpaired) electrons. The molecule has 0 saturated carbocycles. The van der Waals surface area contributed by atoms with E-state index in [1.54, 1.807) is 0 Å². The molecular formula is C14H19NO7. The van der Waals surface area contributed by atoms with Crippen molar-refractivity contribution < 1.29 is 33.3 Å². The molecule has 0 aromatic carbocycles. The lowest BCUT2D eigenvalue weighted by molar-refractivity contribution is -0.144. The van der Waals surface area contributed by atoms with Gasteiger partial charge in [-0.05, 0) is 6.92 Å². The van der Waals surface area contributed by atoms with E-state index in [4.69, 9.17) is 18.9 Å². The Morgan fingerprint density at radius 1 is 1.18 bits per heavy atom. The van der Waals surface area contributed by atoms with Crippen molar-refractivity contribution in [3.05, 3.63) is 25.3 Å². The molecule has 1 unspecified atom stereocenters. The molecule has 1 rings (SSSR count). The van der Waals surface area contributed by atoms with Crippen LogP contribution >= 0.6 is 0 Å². The predicted octanol–water partition coefficient (Wildman–Crippen LogP) is 0.329. The number of hydrogen-bond acceptors (Lipinski definition) is 7. The smallest absolute Gasteiger partial charge is 0.407 e. The average molecular weight is 313 g/mol. The number of alkyl carbamates (subject to hydrolysis) is 1. The molecular weight excluding hydrogens is 294 g/mol. The molecule has 1 aliphatic rings. The summed E-state index contributed by atoms with van der Waals surface area (Å²) in [6, 6.07) is 0. The summed E-state index contributed by atoms with van der Waals surface area (Å²) in [5.74, 6) is -1.33. The monoisotopic (exact) mass is 313 g/mol. The highest BCUT2D eigenvalue weighted by Gasteiger charge is 2.32. The van der Waals surface area contributed by atoms with Crippen LogP contribution in [0.15, 0.2) is 25.3 Å². The molecule has 22 heavy (non-hydrogen) atoms. The van der Waals surface area contributed by atoms with Crippen molar-refractivity contribution in [3.63, 3.8) is 0 Å². The third-order valence-corrected chi connectivity index (χ3v) is 2.61. The van der Waals surface area contributed by atoms with Crippen molar-refractivity contribution in [1.82, 2.24) is 5.32 Å². The number of amides is 1. The number of ether oxygens (including phenoxy) is 4. The molecule has 0 bridgehead atoms. The largest absolute Gasteiger partial charge is 0.460 e. The maximum atomic E-state index is 11.7. The van der Waals surface area contributed by atoms with E-state index in [-0.39, 0.29) is 25.9 Å². The first-order valence-corrected chi connectivity index (χ1v) is 6.53. The summed E-state index contributed by atoms with van der Waals surface area (Å²) in [4.78, 5) is 34.0. The molecule has 1 aliphatic heterocycles. The molecule has 8 heteroatoms. The lowest BCUT2D eigenvalue weighted by Crippen LogP contribution is -2.53. The first kappa shape index (κ1) is 17.7. The summed E-state index contributed by atoms with van der Waals surface area (Å²) >= 11 is 0. The zero-order chi connectivity index (χ0) is 16.6. The summed E-state index contributed by atoms with van der Waals surface area (Å²) in [5, 5.41) is 2.50. The Labute approximate surface area is 128 Å². The van der Waals surface area contributed by atoms with E-state index >= 15 is 0 Å². The van der Waals surface area contributed by atoms with Gasteiger partial charge in [-0.25, -0.2) is 14.4 Å². The fourth-order valence-electron chi connectivity index (χ4n) is 1.31. The lowest BCUT2D eigenvalue weighted by Gasteiger charge is -2.28. The third kappa shape index (κ3) is 6.89. The van der Waals surface area contributed by atoms with Crippen molar-refractivity contribution in [3.8, 4) is 0 Å². The molecule has 1 heterocycles. The Hall–Kier alpha value is -2.35. The number of epoxide rings is 1. The van der Waals surface area contributed by atoms with Gasteiger partial charge >= 0.3 is 18.0 Å². The quantitative estimate of drug-likeness (QED) is 0.283. The maximum Gasteiger partial charge on any atom is 0.407 e.